The fourth-order valence-electron chi connectivity index (χ4n) is 1.53. The van der Waals surface area contributed by atoms with Crippen molar-refractivity contribution in [2.24, 2.45) is 5.73 Å². The first kappa shape index (κ1) is 13.7. The number of halogens is 1. The van der Waals surface area contributed by atoms with Crippen molar-refractivity contribution < 1.29 is 9.18 Å². The second-order valence-corrected chi connectivity index (χ2v) is 3.93. The number of carbonyl (C=O) groups is 1. The van der Waals surface area contributed by atoms with Crippen LogP contribution >= 0.6 is 0 Å². The van der Waals surface area contributed by atoms with Gasteiger partial charge < -0.3 is 11.1 Å². The van der Waals surface area contributed by atoms with Gasteiger partial charge in [0.25, 0.3) is 5.91 Å². The van der Waals surface area contributed by atoms with Gasteiger partial charge in [0.1, 0.15) is 5.82 Å². The highest BCUT2D eigenvalue weighted by molar-refractivity contribution is 6.04. The van der Waals surface area contributed by atoms with Crippen molar-refractivity contribution in [3.63, 3.8) is 0 Å². The highest BCUT2D eigenvalue weighted by atomic mass is 19.1. The number of nitrogens with zero attached hydrogens (tertiary/aromatic N) is 1. The second kappa shape index (κ2) is 6.45. The second-order valence-electron chi connectivity index (χ2n) is 3.93. The minimum absolute atomic E-state index is 0.164. The van der Waals surface area contributed by atoms with Crippen molar-refractivity contribution >= 4 is 11.6 Å². The summed E-state index contributed by atoms with van der Waals surface area (Å²) in [5, 5.41) is 2.65. The van der Waals surface area contributed by atoms with Crippen molar-refractivity contribution in [3.05, 3.63) is 59.7 Å². The van der Waals surface area contributed by atoms with Gasteiger partial charge in [0, 0.05) is 17.4 Å². The first-order valence-electron chi connectivity index (χ1n) is 5.90. The Morgan fingerprint density at radius 1 is 1.30 bits per heavy atom. The van der Waals surface area contributed by atoms with Gasteiger partial charge in [0.05, 0.1) is 18.3 Å². The summed E-state index contributed by atoms with van der Waals surface area (Å²) in [5.41, 5.74) is 6.85. The van der Waals surface area contributed by atoms with Gasteiger partial charge in [-0.15, -0.1) is 0 Å². The summed E-state index contributed by atoms with van der Waals surface area (Å²) < 4.78 is 13.0. The van der Waals surface area contributed by atoms with Crippen molar-refractivity contribution in [1.82, 2.24) is 4.98 Å². The summed E-state index contributed by atoms with van der Waals surface area (Å²) >= 11 is 0. The van der Waals surface area contributed by atoms with Gasteiger partial charge >= 0.3 is 0 Å². The molecule has 4 nitrogen and oxygen atoms in total. The summed E-state index contributed by atoms with van der Waals surface area (Å²) in [6, 6.07) is 8.09. The van der Waals surface area contributed by atoms with Crippen LogP contribution in [0.15, 0.2) is 42.7 Å². The molecule has 0 bridgehead atoms. The molecular formula is C15H12FN3O. The van der Waals surface area contributed by atoms with Crippen molar-refractivity contribution in [2.45, 2.75) is 0 Å². The zero-order chi connectivity index (χ0) is 14.4. The van der Waals surface area contributed by atoms with Crippen LogP contribution in [0.5, 0.6) is 0 Å². The van der Waals surface area contributed by atoms with E-state index in [0.29, 0.717) is 12.2 Å². The van der Waals surface area contributed by atoms with Crippen LogP contribution in [-0.4, -0.2) is 17.4 Å². The van der Waals surface area contributed by atoms with Crippen LogP contribution in [0.3, 0.4) is 0 Å². The lowest BCUT2D eigenvalue weighted by atomic mass is 10.2. The van der Waals surface area contributed by atoms with Gasteiger partial charge in [-0.2, -0.15) is 0 Å². The zero-order valence-electron chi connectivity index (χ0n) is 10.6. The monoisotopic (exact) mass is 269 g/mol. The highest BCUT2D eigenvalue weighted by Gasteiger charge is 2.07. The fraction of sp³-hybridized carbons (Fsp3) is 0.0667. The number of aromatic nitrogens is 1. The van der Waals surface area contributed by atoms with Crippen LogP contribution in [0.25, 0.3) is 0 Å². The Labute approximate surface area is 115 Å². The summed E-state index contributed by atoms with van der Waals surface area (Å²) in [7, 11) is 0. The number of hydrogen-bond donors (Lipinski definition) is 2. The smallest absolute Gasteiger partial charge is 0.257 e. The number of hydrogen-bond acceptors (Lipinski definition) is 3. The third-order valence-electron chi connectivity index (χ3n) is 2.44. The largest absolute Gasteiger partial charge is 0.322 e. The van der Waals surface area contributed by atoms with E-state index in [-0.39, 0.29) is 5.56 Å². The van der Waals surface area contributed by atoms with E-state index >= 15 is 0 Å². The van der Waals surface area contributed by atoms with E-state index in [9.17, 15) is 9.18 Å². The maximum Gasteiger partial charge on any atom is 0.257 e. The summed E-state index contributed by atoms with van der Waals surface area (Å²) in [6.07, 6.45) is 2.35. The van der Waals surface area contributed by atoms with Gasteiger partial charge in [-0.3, -0.25) is 9.78 Å². The predicted molar refractivity (Wildman–Crippen MR) is 74.5 cm³/mol. The Bertz CT molecular complexity index is 672. The first-order chi connectivity index (χ1) is 9.69. The molecule has 0 saturated heterocycles. The number of nitrogens with two attached hydrogens (primary N) is 1. The van der Waals surface area contributed by atoms with Crippen molar-refractivity contribution in [2.75, 3.05) is 11.9 Å². The van der Waals surface area contributed by atoms with Crippen LogP contribution < -0.4 is 11.1 Å². The average Bonchev–Trinajstić information content (AvgIpc) is 2.46. The molecule has 20 heavy (non-hydrogen) atoms. The van der Waals surface area contributed by atoms with E-state index in [4.69, 9.17) is 5.73 Å². The molecule has 100 valence electrons. The Morgan fingerprint density at radius 2 is 2.05 bits per heavy atom. The Hall–Kier alpha value is -2.71. The number of pyridine rings is 1. The zero-order valence-corrected chi connectivity index (χ0v) is 10.6. The molecule has 1 heterocycles. The minimum atomic E-state index is -0.551. The molecule has 0 saturated carbocycles. The number of amides is 1. The molecule has 1 amide bonds. The molecule has 0 aliphatic rings. The predicted octanol–water partition coefficient (Wildman–Crippen LogP) is 1.78. The van der Waals surface area contributed by atoms with Crippen LogP contribution in [0.2, 0.25) is 0 Å². The highest BCUT2D eigenvalue weighted by Crippen LogP contribution is 2.11. The number of carbonyl (C=O) groups excluding carboxylic acids is 1. The maximum absolute atomic E-state index is 13.0. The van der Waals surface area contributed by atoms with Gasteiger partial charge in [-0.05, 0) is 30.3 Å². The fourth-order valence-corrected chi connectivity index (χ4v) is 1.53. The van der Waals surface area contributed by atoms with E-state index < -0.39 is 11.7 Å². The Kier molecular flexibility index (Phi) is 4.43. The van der Waals surface area contributed by atoms with Gasteiger partial charge in [-0.25, -0.2) is 4.39 Å². The summed E-state index contributed by atoms with van der Waals surface area (Å²) in [6.45, 7) is 0.297. The molecular weight excluding hydrogens is 257 g/mol. The van der Waals surface area contributed by atoms with E-state index in [2.05, 4.69) is 22.1 Å². The molecule has 0 unspecified atom stereocenters. The number of nitrogens with one attached hydrogen (secondary N) is 1. The molecule has 2 rings (SSSR count). The van der Waals surface area contributed by atoms with E-state index in [1.807, 2.05) is 0 Å². The van der Waals surface area contributed by atoms with E-state index in [1.165, 1.54) is 6.20 Å². The van der Waals surface area contributed by atoms with Gasteiger partial charge in [0.2, 0.25) is 0 Å². The lowest BCUT2D eigenvalue weighted by Gasteiger charge is -2.05. The third-order valence-corrected chi connectivity index (χ3v) is 2.44. The SMILES string of the molecule is NCC#Cc1ccc(NC(=O)c2cncc(F)c2)cc1. The van der Waals surface area contributed by atoms with Crippen LogP contribution in [0.4, 0.5) is 10.1 Å². The molecule has 5 heteroatoms. The lowest BCUT2D eigenvalue weighted by Crippen LogP contribution is -2.12. The number of anilines is 1. The van der Waals surface area contributed by atoms with Gasteiger partial charge in [-0.1, -0.05) is 11.8 Å². The summed E-state index contributed by atoms with van der Waals surface area (Å²) in [5.74, 6) is 4.64. The average molecular weight is 269 g/mol. The van der Waals surface area contributed by atoms with E-state index in [1.54, 1.807) is 24.3 Å². The van der Waals surface area contributed by atoms with Crippen molar-refractivity contribution in [3.8, 4) is 11.8 Å². The third kappa shape index (κ3) is 3.64. The summed E-state index contributed by atoms with van der Waals surface area (Å²) in [4.78, 5) is 15.5. The maximum atomic E-state index is 13.0. The number of benzene rings is 1. The molecule has 0 aliphatic carbocycles. The van der Waals surface area contributed by atoms with Crippen LogP contribution in [0.1, 0.15) is 15.9 Å². The van der Waals surface area contributed by atoms with Crippen molar-refractivity contribution in [1.29, 1.82) is 0 Å². The topological polar surface area (TPSA) is 68.0 Å². The Morgan fingerprint density at radius 3 is 2.70 bits per heavy atom. The molecule has 2 aromatic rings. The molecule has 0 radical (unpaired) electrons. The molecule has 0 atom stereocenters. The molecule has 1 aromatic heterocycles. The van der Waals surface area contributed by atoms with Crippen LogP contribution in [0, 0.1) is 17.7 Å². The quantitative estimate of drug-likeness (QED) is 0.817. The molecule has 3 N–H and O–H groups in total. The Balaban J connectivity index is 2.08. The lowest BCUT2D eigenvalue weighted by molar-refractivity contribution is 0.102. The molecule has 0 fully saturated rings. The first-order valence-corrected chi connectivity index (χ1v) is 5.90. The standard InChI is InChI=1S/C15H12FN3O/c16-13-8-12(9-18-10-13)15(20)19-14-5-3-11(4-6-14)2-1-7-17/h3-6,8-10H,7,17H2,(H,19,20). The molecule has 0 spiro atoms. The minimum Gasteiger partial charge on any atom is -0.322 e. The van der Waals surface area contributed by atoms with Gasteiger partial charge in [0.15, 0.2) is 0 Å². The normalized spacial score (nSPS) is 9.50. The van der Waals surface area contributed by atoms with Crippen LogP contribution in [-0.2, 0) is 0 Å². The number of rotatable bonds is 2. The molecule has 1 aromatic carbocycles. The molecule has 0 aliphatic heterocycles. The van der Waals surface area contributed by atoms with E-state index in [0.717, 1.165) is 17.8 Å².